The normalized spacial score (nSPS) is 19.1. The van der Waals surface area contributed by atoms with E-state index >= 15 is 0 Å². The summed E-state index contributed by atoms with van der Waals surface area (Å²) >= 11 is 0. The van der Waals surface area contributed by atoms with Gasteiger partial charge in [0, 0.05) is 37.4 Å². The largest absolute Gasteiger partial charge is 0.492 e. The highest BCUT2D eigenvalue weighted by Crippen LogP contribution is 2.23. The van der Waals surface area contributed by atoms with Gasteiger partial charge in [-0.3, -0.25) is 4.90 Å². The van der Waals surface area contributed by atoms with E-state index in [0.29, 0.717) is 26.1 Å². The Morgan fingerprint density at radius 2 is 1.88 bits per heavy atom. The molecule has 3 N–H and O–H groups in total. The van der Waals surface area contributed by atoms with Crippen molar-refractivity contribution < 1.29 is 19.4 Å². The van der Waals surface area contributed by atoms with Crippen LogP contribution in [0.1, 0.15) is 63.6 Å². The van der Waals surface area contributed by atoms with Crippen molar-refractivity contribution in [2.45, 2.75) is 83.3 Å². The van der Waals surface area contributed by atoms with Gasteiger partial charge in [0.15, 0.2) is 0 Å². The number of carboxylic acid groups (broad SMARTS) is 1. The van der Waals surface area contributed by atoms with Crippen LogP contribution in [0.15, 0.2) is 42.5 Å². The Kier molecular flexibility index (Phi) is 11.0. The van der Waals surface area contributed by atoms with Gasteiger partial charge in [-0.1, -0.05) is 24.3 Å². The number of unbranched alkanes of at least 4 members (excludes halogenated alkanes) is 1. The van der Waals surface area contributed by atoms with Gasteiger partial charge in [-0.25, -0.2) is 14.6 Å². The first-order chi connectivity index (χ1) is 19.4. The molecule has 2 aliphatic rings. The average Bonchev–Trinajstić information content (AvgIpc) is 3.30. The van der Waals surface area contributed by atoms with E-state index in [-0.39, 0.29) is 18.1 Å². The Labute approximate surface area is 238 Å². The maximum absolute atomic E-state index is 12.9. The molecular weight excluding hydrogens is 506 g/mol. The number of carbonyl (C=O) groups excluding carboxylic acids is 1. The zero-order chi connectivity index (χ0) is 28.3. The van der Waals surface area contributed by atoms with E-state index in [4.69, 9.17) is 9.72 Å². The Hall–Kier alpha value is -3.33. The second-order valence-corrected chi connectivity index (χ2v) is 11.1. The first-order valence-corrected chi connectivity index (χ1v) is 14.8. The maximum Gasteiger partial charge on any atom is 0.326 e. The third kappa shape index (κ3) is 8.58. The number of benzene rings is 1. The number of ether oxygens (including phenoxy) is 1. The fourth-order valence-electron chi connectivity index (χ4n) is 5.68. The molecule has 0 aliphatic carbocycles. The number of hydrogen-bond donors (Lipinski definition) is 3. The zero-order valence-electron chi connectivity index (χ0n) is 24.0. The predicted octanol–water partition coefficient (Wildman–Crippen LogP) is 4.57. The molecule has 1 saturated heterocycles. The number of amides is 2. The molecule has 0 spiro atoms. The summed E-state index contributed by atoms with van der Waals surface area (Å²) in [5.41, 5.74) is 2.40. The Balaban J connectivity index is 1.29. The van der Waals surface area contributed by atoms with Gasteiger partial charge in [0.05, 0.1) is 0 Å². The molecule has 218 valence electrons. The standard InChI is InChI=1S/C31H45N5O4/c1-23-13-14-24(2)36(23)31(39)34-28(30(37)38)17-20-35(21-22-40-27-11-4-3-5-12-27)19-7-6-10-26-16-15-25-9-8-18-32-29(25)33-26/h3-5,11-12,15-16,23-24,28H,6-10,13-14,17-22H2,1-2H3,(H,32,33)(H,34,39)(H,37,38)/t23-,24-,28+/m1/s1. The number of rotatable bonds is 14. The van der Waals surface area contributed by atoms with Gasteiger partial charge in [0.2, 0.25) is 0 Å². The number of para-hydroxylation sites is 1. The summed E-state index contributed by atoms with van der Waals surface area (Å²) in [5.74, 6) is 0.849. The maximum atomic E-state index is 12.9. The van der Waals surface area contributed by atoms with E-state index in [9.17, 15) is 14.7 Å². The summed E-state index contributed by atoms with van der Waals surface area (Å²) < 4.78 is 5.92. The van der Waals surface area contributed by atoms with Crippen LogP contribution in [0.3, 0.4) is 0 Å². The molecule has 0 saturated carbocycles. The number of nitrogens with zero attached hydrogens (tertiary/aromatic N) is 3. The molecule has 1 aromatic heterocycles. The van der Waals surface area contributed by atoms with Gasteiger partial charge in [-0.2, -0.15) is 0 Å². The lowest BCUT2D eigenvalue weighted by molar-refractivity contribution is -0.139. The highest BCUT2D eigenvalue weighted by Gasteiger charge is 2.33. The van der Waals surface area contributed by atoms with Crippen LogP contribution < -0.4 is 15.4 Å². The van der Waals surface area contributed by atoms with Crippen LogP contribution >= 0.6 is 0 Å². The molecule has 3 atom stereocenters. The zero-order valence-corrected chi connectivity index (χ0v) is 24.0. The molecule has 0 bridgehead atoms. The highest BCUT2D eigenvalue weighted by molar-refractivity contribution is 5.83. The van der Waals surface area contributed by atoms with Gasteiger partial charge < -0.3 is 25.4 Å². The number of anilines is 1. The molecule has 3 heterocycles. The molecule has 2 aliphatic heterocycles. The van der Waals surface area contributed by atoms with Gasteiger partial charge in [-0.05, 0) is 95.5 Å². The summed E-state index contributed by atoms with van der Waals surface area (Å²) in [7, 11) is 0. The molecule has 0 unspecified atom stereocenters. The molecule has 1 aromatic carbocycles. The number of fused-ring (bicyclic) bond motifs is 1. The minimum absolute atomic E-state index is 0.122. The number of nitrogens with one attached hydrogen (secondary N) is 2. The summed E-state index contributed by atoms with van der Waals surface area (Å²) in [6.45, 7) is 7.58. The number of aryl methyl sites for hydroxylation is 2. The van der Waals surface area contributed by atoms with Crippen LogP contribution in [-0.4, -0.2) is 82.8 Å². The number of aromatic nitrogens is 1. The topological polar surface area (TPSA) is 107 Å². The molecule has 0 radical (unpaired) electrons. The quantitative estimate of drug-likeness (QED) is 0.295. The van der Waals surface area contributed by atoms with E-state index in [1.165, 1.54) is 5.56 Å². The highest BCUT2D eigenvalue weighted by atomic mass is 16.5. The number of urea groups is 1. The van der Waals surface area contributed by atoms with Crippen LogP contribution in [0, 0.1) is 0 Å². The third-order valence-electron chi connectivity index (χ3n) is 8.04. The molecule has 4 rings (SSSR count). The predicted molar refractivity (Wildman–Crippen MR) is 157 cm³/mol. The molecule has 2 amide bonds. The van der Waals surface area contributed by atoms with E-state index < -0.39 is 12.0 Å². The third-order valence-corrected chi connectivity index (χ3v) is 8.04. The Morgan fingerprint density at radius 1 is 1.10 bits per heavy atom. The van der Waals surface area contributed by atoms with Crippen molar-refractivity contribution in [3.05, 3.63) is 53.7 Å². The summed E-state index contributed by atoms with van der Waals surface area (Å²) in [4.78, 5) is 33.8. The summed E-state index contributed by atoms with van der Waals surface area (Å²) in [6, 6.07) is 13.1. The molecule has 9 heteroatoms. The lowest BCUT2D eigenvalue weighted by Crippen LogP contribution is -2.51. The first-order valence-electron chi connectivity index (χ1n) is 14.8. The average molecular weight is 552 g/mol. The van der Waals surface area contributed by atoms with Crippen LogP contribution in [0.25, 0.3) is 0 Å². The number of hydrogen-bond acceptors (Lipinski definition) is 6. The van der Waals surface area contributed by atoms with Crippen molar-refractivity contribution in [1.29, 1.82) is 0 Å². The van der Waals surface area contributed by atoms with Crippen molar-refractivity contribution in [2.24, 2.45) is 0 Å². The lowest BCUT2D eigenvalue weighted by Gasteiger charge is -2.29. The van der Waals surface area contributed by atoms with Gasteiger partial charge in [0.1, 0.15) is 24.2 Å². The minimum Gasteiger partial charge on any atom is -0.492 e. The number of carbonyl (C=O) groups is 2. The van der Waals surface area contributed by atoms with Crippen LogP contribution in [-0.2, 0) is 17.6 Å². The van der Waals surface area contributed by atoms with Crippen molar-refractivity contribution in [2.75, 3.05) is 38.1 Å². The van der Waals surface area contributed by atoms with Crippen LogP contribution in [0.4, 0.5) is 10.6 Å². The SMILES string of the molecule is C[C@@H]1CC[C@@H](C)N1C(=O)N[C@@H](CCN(CCCCc1ccc2c(n1)NCCC2)CCOc1ccccc1)C(=O)O. The van der Waals surface area contributed by atoms with Crippen LogP contribution in [0.2, 0.25) is 0 Å². The Bertz CT molecular complexity index is 1090. The summed E-state index contributed by atoms with van der Waals surface area (Å²) in [5, 5.41) is 16.1. The van der Waals surface area contributed by atoms with Crippen molar-refractivity contribution >= 4 is 17.8 Å². The van der Waals surface area contributed by atoms with E-state index in [1.807, 2.05) is 44.2 Å². The molecular formula is C31H45N5O4. The van der Waals surface area contributed by atoms with E-state index in [1.54, 1.807) is 4.90 Å². The number of aliphatic carboxylic acids is 1. The lowest BCUT2D eigenvalue weighted by atomic mass is 10.1. The Morgan fingerprint density at radius 3 is 2.62 bits per heavy atom. The fourth-order valence-corrected chi connectivity index (χ4v) is 5.68. The molecule has 9 nitrogen and oxygen atoms in total. The monoisotopic (exact) mass is 551 g/mol. The van der Waals surface area contributed by atoms with Gasteiger partial charge >= 0.3 is 12.0 Å². The minimum atomic E-state index is -1.000. The van der Waals surface area contributed by atoms with Gasteiger partial charge in [0.25, 0.3) is 0 Å². The van der Waals surface area contributed by atoms with Crippen molar-refractivity contribution in [1.82, 2.24) is 20.1 Å². The number of carboxylic acids is 1. The van der Waals surface area contributed by atoms with E-state index in [0.717, 1.165) is 75.3 Å². The van der Waals surface area contributed by atoms with Crippen LogP contribution in [0.5, 0.6) is 5.75 Å². The fraction of sp³-hybridized carbons (Fsp3) is 0.581. The first kappa shape index (κ1) is 29.6. The van der Waals surface area contributed by atoms with E-state index in [2.05, 4.69) is 27.7 Å². The summed E-state index contributed by atoms with van der Waals surface area (Å²) in [6.07, 6.45) is 7.32. The van der Waals surface area contributed by atoms with Gasteiger partial charge in [-0.15, -0.1) is 0 Å². The van der Waals surface area contributed by atoms with Crippen molar-refractivity contribution in [3.63, 3.8) is 0 Å². The molecule has 2 aromatic rings. The second kappa shape index (κ2) is 14.9. The second-order valence-electron chi connectivity index (χ2n) is 11.1. The number of pyridine rings is 1. The number of likely N-dealkylation sites (tertiary alicyclic amines) is 1. The molecule has 40 heavy (non-hydrogen) atoms. The smallest absolute Gasteiger partial charge is 0.326 e. The molecule has 1 fully saturated rings. The van der Waals surface area contributed by atoms with Crippen molar-refractivity contribution in [3.8, 4) is 5.75 Å².